The minimum Gasteiger partial charge on any atom is -0.329 e. The van der Waals surface area contributed by atoms with Crippen LogP contribution in [-0.4, -0.2) is 24.5 Å². The first-order valence-corrected chi connectivity index (χ1v) is 6.47. The SMILES string of the molecule is CC(CN)N(C)Cc1ccc(Br)c(Br)c1.Cl. The van der Waals surface area contributed by atoms with Crippen LogP contribution in [0.2, 0.25) is 0 Å². The Hall–Kier alpha value is 0.390. The predicted molar refractivity (Wildman–Crippen MR) is 79.1 cm³/mol. The van der Waals surface area contributed by atoms with Gasteiger partial charge in [-0.3, -0.25) is 4.90 Å². The van der Waals surface area contributed by atoms with E-state index in [1.54, 1.807) is 0 Å². The maximum absolute atomic E-state index is 5.62. The van der Waals surface area contributed by atoms with Crippen molar-refractivity contribution in [3.63, 3.8) is 0 Å². The summed E-state index contributed by atoms with van der Waals surface area (Å²) in [6.07, 6.45) is 0. The highest BCUT2D eigenvalue weighted by molar-refractivity contribution is 9.13. The van der Waals surface area contributed by atoms with Crippen molar-refractivity contribution < 1.29 is 0 Å². The van der Waals surface area contributed by atoms with Crippen LogP contribution in [-0.2, 0) is 6.54 Å². The Morgan fingerprint density at radius 1 is 1.31 bits per heavy atom. The van der Waals surface area contributed by atoms with Crippen molar-refractivity contribution in [3.8, 4) is 0 Å². The van der Waals surface area contributed by atoms with Crippen LogP contribution in [0.25, 0.3) is 0 Å². The first-order valence-electron chi connectivity index (χ1n) is 4.89. The molecule has 1 atom stereocenters. The molecule has 1 aromatic carbocycles. The molecule has 0 spiro atoms. The molecule has 0 aliphatic heterocycles. The maximum atomic E-state index is 5.62. The molecule has 0 fully saturated rings. The molecule has 92 valence electrons. The molecule has 0 radical (unpaired) electrons. The fourth-order valence-corrected chi connectivity index (χ4v) is 1.93. The molecule has 0 aliphatic rings. The standard InChI is InChI=1S/C11H16Br2N2.ClH/c1-8(6-14)15(2)7-9-3-4-10(12)11(13)5-9;/h3-5,8H,6-7,14H2,1-2H3;1H. The van der Waals surface area contributed by atoms with Crippen molar-refractivity contribution in [1.29, 1.82) is 0 Å². The molecular formula is C11H17Br2ClN2. The Bertz CT molecular complexity index is 334. The highest BCUT2D eigenvalue weighted by atomic mass is 79.9. The van der Waals surface area contributed by atoms with Crippen molar-refractivity contribution in [1.82, 2.24) is 4.90 Å². The van der Waals surface area contributed by atoms with Gasteiger partial charge >= 0.3 is 0 Å². The van der Waals surface area contributed by atoms with Gasteiger partial charge in [-0.25, -0.2) is 0 Å². The second kappa shape index (κ2) is 7.67. The monoisotopic (exact) mass is 370 g/mol. The van der Waals surface area contributed by atoms with E-state index >= 15 is 0 Å². The average molecular weight is 373 g/mol. The van der Waals surface area contributed by atoms with Gasteiger partial charge in [-0.1, -0.05) is 6.07 Å². The van der Waals surface area contributed by atoms with Crippen LogP contribution < -0.4 is 5.73 Å². The number of hydrogen-bond donors (Lipinski definition) is 1. The summed E-state index contributed by atoms with van der Waals surface area (Å²) in [6, 6.07) is 6.71. The van der Waals surface area contributed by atoms with Crippen LogP contribution in [0.15, 0.2) is 27.1 Å². The van der Waals surface area contributed by atoms with Crippen molar-refractivity contribution in [2.45, 2.75) is 19.5 Å². The molecule has 1 rings (SSSR count). The Kier molecular flexibility index (Phi) is 7.85. The Morgan fingerprint density at radius 2 is 1.94 bits per heavy atom. The second-order valence-electron chi connectivity index (χ2n) is 3.75. The maximum Gasteiger partial charge on any atom is 0.0320 e. The summed E-state index contributed by atoms with van der Waals surface area (Å²) in [5.41, 5.74) is 6.91. The lowest BCUT2D eigenvalue weighted by atomic mass is 10.2. The summed E-state index contributed by atoms with van der Waals surface area (Å²) in [5, 5.41) is 0. The van der Waals surface area contributed by atoms with Crippen LogP contribution in [0.4, 0.5) is 0 Å². The van der Waals surface area contributed by atoms with E-state index in [0.717, 1.165) is 15.5 Å². The van der Waals surface area contributed by atoms with Gasteiger partial charge in [0.25, 0.3) is 0 Å². The molecule has 0 heterocycles. The molecule has 1 aromatic rings. The summed E-state index contributed by atoms with van der Waals surface area (Å²) in [7, 11) is 2.09. The molecule has 5 heteroatoms. The van der Waals surface area contributed by atoms with E-state index < -0.39 is 0 Å². The number of nitrogens with two attached hydrogens (primary N) is 1. The fourth-order valence-electron chi connectivity index (χ4n) is 1.26. The van der Waals surface area contributed by atoms with Crippen molar-refractivity contribution >= 4 is 44.3 Å². The van der Waals surface area contributed by atoms with E-state index in [9.17, 15) is 0 Å². The predicted octanol–water partition coefficient (Wildman–Crippen LogP) is 3.41. The van der Waals surface area contributed by atoms with Crippen molar-refractivity contribution in [2.24, 2.45) is 5.73 Å². The Morgan fingerprint density at radius 3 is 2.44 bits per heavy atom. The van der Waals surface area contributed by atoms with E-state index in [1.165, 1.54) is 5.56 Å². The topological polar surface area (TPSA) is 29.3 Å². The number of hydrogen-bond acceptors (Lipinski definition) is 2. The van der Waals surface area contributed by atoms with Crippen LogP contribution in [0.3, 0.4) is 0 Å². The van der Waals surface area contributed by atoms with Gasteiger partial charge in [0.15, 0.2) is 0 Å². The normalized spacial score (nSPS) is 12.4. The molecule has 16 heavy (non-hydrogen) atoms. The Balaban J connectivity index is 0.00000225. The second-order valence-corrected chi connectivity index (χ2v) is 5.46. The first kappa shape index (κ1) is 16.4. The van der Waals surface area contributed by atoms with Crippen LogP contribution in [0.1, 0.15) is 12.5 Å². The molecule has 0 saturated carbocycles. The summed E-state index contributed by atoms with van der Waals surface area (Å²) in [4.78, 5) is 2.25. The fraction of sp³-hybridized carbons (Fsp3) is 0.455. The van der Waals surface area contributed by atoms with E-state index in [-0.39, 0.29) is 12.4 Å². The largest absolute Gasteiger partial charge is 0.329 e. The molecule has 2 nitrogen and oxygen atoms in total. The average Bonchev–Trinajstić information content (AvgIpc) is 2.22. The van der Waals surface area contributed by atoms with Crippen molar-refractivity contribution in [2.75, 3.05) is 13.6 Å². The lowest BCUT2D eigenvalue weighted by molar-refractivity contribution is 0.255. The first-order chi connectivity index (χ1) is 7.04. The van der Waals surface area contributed by atoms with Gasteiger partial charge in [-0.15, -0.1) is 12.4 Å². The molecule has 2 N–H and O–H groups in total. The van der Waals surface area contributed by atoms with Crippen LogP contribution in [0, 0.1) is 0 Å². The third-order valence-electron chi connectivity index (χ3n) is 2.51. The number of rotatable bonds is 4. The number of likely N-dealkylation sites (N-methyl/N-ethyl adjacent to an activating group) is 1. The van der Waals surface area contributed by atoms with Crippen LogP contribution >= 0.6 is 44.3 Å². The zero-order valence-corrected chi connectivity index (χ0v) is 13.4. The molecule has 1 unspecified atom stereocenters. The molecular weight excluding hydrogens is 355 g/mol. The zero-order valence-electron chi connectivity index (χ0n) is 9.41. The number of nitrogens with zero attached hydrogens (tertiary/aromatic N) is 1. The minimum atomic E-state index is 0. The zero-order chi connectivity index (χ0) is 11.4. The summed E-state index contributed by atoms with van der Waals surface area (Å²) < 4.78 is 2.18. The highest BCUT2D eigenvalue weighted by Crippen LogP contribution is 2.24. The summed E-state index contributed by atoms with van der Waals surface area (Å²) in [5.74, 6) is 0. The quantitative estimate of drug-likeness (QED) is 0.878. The van der Waals surface area contributed by atoms with Gasteiger partial charge in [0, 0.05) is 28.1 Å². The van der Waals surface area contributed by atoms with Gasteiger partial charge in [0.05, 0.1) is 0 Å². The minimum absolute atomic E-state index is 0. The van der Waals surface area contributed by atoms with E-state index in [1.807, 2.05) is 0 Å². The summed E-state index contributed by atoms with van der Waals surface area (Å²) in [6.45, 7) is 3.74. The van der Waals surface area contributed by atoms with Crippen molar-refractivity contribution in [3.05, 3.63) is 32.7 Å². The molecule has 0 aliphatic carbocycles. The molecule has 0 aromatic heterocycles. The lowest BCUT2D eigenvalue weighted by Crippen LogP contribution is -2.34. The number of halogens is 3. The van der Waals surface area contributed by atoms with Crippen LogP contribution in [0.5, 0.6) is 0 Å². The van der Waals surface area contributed by atoms with E-state index in [0.29, 0.717) is 12.6 Å². The molecule has 0 bridgehead atoms. The van der Waals surface area contributed by atoms with Gasteiger partial charge in [-0.2, -0.15) is 0 Å². The van der Waals surface area contributed by atoms with E-state index in [2.05, 4.69) is 68.9 Å². The molecule has 0 saturated heterocycles. The Labute approximate surface area is 120 Å². The lowest BCUT2D eigenvalue weighted by Gasteiger charge is -2.23. The van der Waals surface area contributed by atoms with Gasteiger partial charge in [0.2, 0.25) is 0 Å². The van der Waals surface area contributed by atoms with Gasteiger partial charge in [-0.05, 0) is 63.5 Å². The molecule has 0 amide bonds. The van der Waals surface area contributed by atoms with E-state index in [4.69, 9.17) is 5.73 Å². The number of benzene rings is 1. The van der Waals surface area contributed by atoms with Gasteiger partial charge in [0.1, 0.15) is 0 Å². The third kappa shape index (κ3) is 4.72. The van der Waals surface area contributed by atoms with Gasteiger partial charge < -0.3 is 5.73 Å². The smallest absolute Gasteiger partial charge is 0.0320 e. The highest BCUT2D eigenvalue weighted by Gasteiger charge is 2.08. The summed E-state index contributed by atoms with van der Waals surface area (Å²) >= 11 is 6.96. The third-order valence-corrected chi connectivity index (χ3v) is 4.39.